The average molecular weight is 410 g/mol. The minimum Gasteiger partial charge on any atom is -0.270 e. The predicted octanol–water partition coefficient (Wildman–Crippen LogP) is 5.04. The van der Waals surface area contributed by atoms with Gasteiger partial charge in [-0.25, -0.2) is 0 Å². The fourth-order valence-electron chi connectivity index (χ4n) is 2.64. The predicted molar refractivity (Wildman–Crippen MR) is 107 cm³/mol. The van der Waals surface area contributed by atoms with E-state index in [-0.39, 0.29) is 5.69 Å². The van der Waals surface area contributed by atoms with Crippen LogP contribution in [-0.4, -0.2) is 24.7 Å². The van der Waals surface area contributed by atoms with Crippen LogP contribution in [0.25, 0.3) is 17.1 Å². The second-order valence-electron chi connectivity index (χ2n) is 5.68. The Morgan fingerprint density at radius 3 is 2.39 bits per heavy atom. The average Bonchev–Trinajstić information content (AvgIpc) is 3.13. The number of para-hydroxylation sites is 1. The molecule has 0 aliphatic rings. The number of aromatic nitrogens is 4. The first-order valence-corrected chi connectivity index (χ1v) is 9.36. The van der Waals surface area contributed by atoms with Crippen LogP contribution in [0.2, 0.25) is 5.02 Å². The van der Waals surface area contributed by atoms with Gasteiger partial charge in [0.2, 0.25) is 5.16 Å². The molecule has 0 amide bonds. The molecule has 0 spiro atoms. The number of nitro benzene ring substituents is 1. The molecule has 0 N–H and O–H groups in total. The standard InChI is InChI=1S/C19H12ClN5O2S/c20-14-5-7-15(8-6-14)24-18(13-9-11-21-12-10-13)22-23-19(24)28-17-4-2-1-3-16(17)25(26)27/h1-12H. The molecular weight excluding hydrogens is 398 g/mol. The van der Waals surface area contributed by atoms with Gasteiger partial charge in [-0.2, -0.15) is 0 Å². The highest BCUT2D eigenvalue weighted by atomic mass is 35.5. The summed E-state index contributed by atoms with van der Waals surface area (Å²) in [6.45, 7) is 0. The van der Waals surface area contributed by atoms with E-state index in [1.165, 1.54) is 17.8 Å². The zero-order valence-corrected chi connectivity index (χ0v) is 15.8. The molecule has 0 radical (unpaired) electrons. The molecule has 0 saturated heterocycles. The van der Waals surface area contributed by atoms with Gasteiger partial charge in [-0.3, -0.25) is 19.7 Å². The van der Waals surface area contributed by atoms with Crippen LogP contribution in [0.15, 0.2) is 83.1 Å². The molecule has 2 aromatic heterocycles. The Bertz CT molecular complexity index is 1130. The van der Waals surface area contributed by atoms with Gasteiger partial charge in [-0.15, -0.1) is 10.2 Å². The quantitative estimate of drug-likeness (QED) is 0.339. The summed E-state index contributed by atoms with van der Waals surface area (Å²) in [5, 5.41) is 21.1. The van der Waals surface area contributed by atoms with Gasteiger partial charge in [0.1, 0.15) is 0 Å². The second kappa shape index (κ2) is 7.79. The summed E-state index contributed by atoms with van der Waals surface area (Å²) in [7, 11) is 0. The van der Waals surface area contributed by atoms with Crippen molar-refractivity contribution in [1.29, 1.82) is 0 Å². The van der Waals surface area contributed by atoms with Crippen molar-refractivity contribution in [1.82, 2.24) is 19.7 Å². The maximum Gasteiger partial charge on any atom is 0.283 e. The number of pyridine rings is 1. The number of hydrogen-bond donors (Lipinski definition) is 0. The summed E-state index contributed by atoms with van der Waals surface area (Å²) in [5.74, 6) is 0.603. The van der Waals surface area contributed by atoms with E-state index < -0.39 is 4.92 Å². The Kier molecular flexibility index (Phi) is 5.05. The van der Waals surface area contributed by atoms with Gasteiger partial charge in [-0.05, 0) is 54.2 Å². The zero-order chi connectivity index (χ0) is 19.5. The van der Waals surface area contributed by atoms with Gasteiger partial charge in [0.05, 0.1) is 9.82 Å². The van der Waals surface area contributed by atoms with Gasteiger partial charge in [-0.1, -0.05) is 23.7 Å². The molecule has 0 bridgehead atoms. The normalized spacial score (nSPS) is 10.8. The van der Waals surface area contributed by atoms with E-state index in [1.54, 1.807) is 42.7 Å². The molecule has 0 aliphatic carbocycles. The molecular formula is C19H12ClN5O2S. The molecule has 138 valence electrons. The SMILES string of the molecule is O=[N+]([O-])c1ccccc1Sc1nnc(-c2ccncc2)n1-c1ccc(Cl)cc1. The highest BCUT2D eigenvalue weighted by molar-refractivity contribution is 7.99. The van der Waals surface area contributed by atoms with Gasteiger partial charge in [0.15, 0.2) is 5.82 Å². The van der Waals surface area contributed by atoms with E-state index in [1.807, 2.05) is 28.8 Å². The Balaban J connectivity index is 1.86. The first-order valence-electron chi connectivity index (χ1n) is 8.16. The molecule has 9 heteroatoms. The van der Waals surface area contributed by atoms with Crippen molar-refractivity contribution < 1.29 is 4.92 Å². The van der Waals surface area contributed by atoms with Crippen LogP contribution in [0.3, 0.4) is 0 Å². The Hall–Kier alpha value is -3.23. The fraction of sp³-hybridized carbons (Fsp3) is 0. The minimum absolute atomic E-state index is 0.0172. The summed E-state index contributed by atoms with van der Waals surface area (Å²) >= 11 is 7.21. The number of nitrogens with zero attached hydrogens (tertiary/aromatic N) is 5. The van der Waals surface area contributed by atoms with Crippen LogP contribution >= 0.6 is 23.4 Å². The van der Waals surface area contributed by atoms with Crippen LogP contribution in [-0.2, 0) is 0 Å². The van der Waals surface area contributed by atoms with Gasteiger partial charge < -0.3 is 0 Å². The van der Waals surface area contributed by atoms with Crippen LogP contribution in [0.5, 0.6) is 0 Å². The number of nitro groups is 1. The van der Waals surface area contributed by atoms with E-state index in [2.05, 4.69) is 15.2 Å². The molecule has 0 aliphatic heterocycles. The van der Waals surface area contributed by atoms with Crippen LogP contribution in [0.1, 0.15) is 0 Å². The number of halogens is 1. The van der Waals surface area contributed by atoms with Crippen LogP contribution in [0, 0.1) is 10.1 Å². The third-order valence-electron chi connectivity index (χ3n) is 3.92. The van der Waals surface area contributed by atoms with E-state index in [0.29, 0.717) is 20.9 Å². The molecule has 0 fully saturated rings. The largest absolute Gasteiger partial charge is 0.283 e. The lowest BCUT2D eigenvalue weighted by Gasteiger charge is -2.10. The molecule has 4 aromatic rings. The van der Waals surface area contributed by atoms with Crippen molar-refractivity contribution >= 4 is 29.1 Å². The van der Waals surface area contributed by atoms with Crippen molar-refractivity contribution in [3.63, 3.8) is 0 Å². The van der Waals surface area contributed by atoms with Gasteiger partial charge in [0.25, 0.3) is 5.69 Å². The number of benzene rings is 2. The molecule has 7 nitrogen and oxygen atoms in total. The zero-order valence-electron chi connectivity index (χ0n) is 14.3. The minimum atomic E-state index is -0.408. The molecule has 0 unspecified atom stereocenters. The van der Waals surface area contributed by atoms with Gasteiger partial charge in [0, 0.05) is 34.7 Å². The Morgan fingerprint density at radius 1 is 0.964 bits per heavy atom. The summed E-state index contributed by atoms with van der Waals surface area (Å²) in [5.41, 5.74) is 1.64. The number of rotatable bonds is 5. The first kappa shape index (κ1) is 18.1. The van der Waals surface area contributed by atoms with Crippen molar-refractivity contribution in [2.24, 2.45) is 0 Å². The van der Waals surface area contributed by atoms with Crippen LogP contribution < -0.4 is 0 Å². The van der Waals surface area contributed by atoms with E-state index in [4.69, 9.17) is 11.6 Å². The Labute approximate surface area is 169 Å². The smallest absolute Gasteiger partial charge is 0.270 e. The second-order valence-corrected chi connectivity index (χ2v) is 7.13. The highest BCUT2D eigenvalue weighted by Crippen LogP contribution is 2.36. The lowest BCUT2D eigenvalue weighted by atomic mass is 10.2. The van der Waals surface area contributed by atoms with E-state index in [9.17, 15) is 10.1 Å². The summed E-state index contributed by atoms with van der Waals surface area (Å²) in [4.78, 5) is 15.5. The summed E-state index contributed by atoms with van der Waals surface area (Å²) < 4.78 is 1.84. The topological polar surface area (TPSA) is 86.7 Å². The molecule has 0 saturated carbocycles. The van der Waals surface area contributed by atoms with Crippen LogP contribution in [0.4, 0.5) is 5.69 Å². The molecule has 2 aromatic carbocycles. The molecule has 4 rings (SSSR count). The lowest BCUT2D eigenvalue weighted by molar-refractivity contribution is -0.387. The van der Waals surface area contributed by atoms with E-state index >= 15 is 0 Å². The highest BCUT2D eigenvalue weighted by Gasteiger charge is 2.20. The third kappa shape index (κ3) is 3.60. The lowest BCUT2D eigenvalue weighted by Crippen LogP contribution is -2.00. The molecule has 28 heavy (non-hydrogen) atoms. The van der Waals surface area contributed by atoms with Crippen molar-refractivity contribution in [3.05, 3.63) is 88.2 Å². The maximum atomic E-state index is 11.4. The molecule has 0 atom stereocenters. The maximum absolute atomic E-state index is 11.4. The molecule has 2 heterocycles. The first-order chi connectivity index (χ1) is 13.6. The summed E-state index contributed by atoms with van der Waals surface area (Å²) in [6, 6.07) is 17.4. The number of hydrogen-bond acceptors (Lipinski definition) is 6. The fourth-order valence-corrected chi connectivity index (χ4v) is 3.72. The van der Waals surface area contributed by atoms with E-state index in [0.717, 1.165) is 11.3 Å². The summed E-state index contributed by atoms with van der Waals surface area (Å²) in [6.07, 6.45) is 3.34. The Morgan fingerprint density at radius 2 is 1.68 bits per heavy atom. The van der Waals surface area contributed by atoms with Crippen molar-refractivity contribution in [2.75, 3.05) is 0 Å². The van der Waals surface area contributed by atoms with Crippen molar-refractivity contribution in [3.8, 4) is 17.1 Å². The monoisotopic (exact) mass is 409 g/mol. The third-order valence-corrected chi connectivity index (χ3v) is 5.18. The van der Waals surface area contributed by atoms with Crippen molar-refractivity contribution in [2.45, 2.75) is 10.1 Å². The van der Waals surface area contributed by atoms with Gasteiger partial charge >= 0.3 is 0 Å².